The molecular formula is C26H36ClNO2. The van der Waals surface area contributed by atoms with Crippen molar-refractivity contribution in [1.82, 2.24) is 4.90 Å². The van der Waals surface area contributed by atoms with E-state index in [9.17, 15) is 0 Å². The molecule has 0 bridgehead atoms. The topological polar surface area (TPSA) is 21.7 Å². The predicted molar refractivity (Wildman–Crippen MR) is 126 cm³/mol. The van der Waals surface area contributed by atoms with Crippen LogP contribution in [-0.4, -0.2) is 37.7 Å². The normalized spacial score (nSPS) is 21.9. The summed E-state index contributed by atoms with van der Waals surface area (Å²) in [6, 6.07) is 16.8. The Morgan fingerprint density at radius 2 is 1.63 bits per heavy atom. The number of nitrogens with zero attached hydrogens (tertiary/aromatic N) is 1. The van der Waals surface area contributed by atoms with Crippen molar-refractivity contribution in [2.45, 2.75) is 46.1 Å². The third-order valence-corrected chi connectivity index (χ3v) is 6.65. The fourth-order valence-corrected chi connectivity index (χ4v) is 4.51. The van der Waals surface area contributed by atoms with E-state index in [1.165, 1.54) is 11.1 Å². The zero-order chi connectivity index (χ0) is 21.5. The average molecular weight is 430 g/mol. The Hall–Kier alpha value is -1.55. The maximum Gasteiger partial charge on any atom is 0.119 e. The standard InChI is InChI=1S/C26H36ClNO2/c1-5-28(6-2)15-16-29-24-13-9-21(10-14-24)26-25(19(3)4)17-22(18-30-26)20-7-11-23(27)12-8-20/h7-14,19,22,25-26H,5-6,15-18H2,1-4H3/t22-,25-,26-/m0/s1. The summed E-state index contributed by atoms with van der Waals surface area (Å²) in [7, 11) is 0. The molecule has 1 aliphatic heterocycles. The Morgan fingerprint density at radius 1 is 1.00 bits per heavy atom. The molecule has 3 nitrogen and oxygen atoms in total. The Balaban J connectivity index is 1.62. The van der Waals surface area contributed by atoms with E-state index in [2.05, 4.69) is 69.0 Å². The molecule has 3 atom stereocenters. The van der Waals surface area contributed by atoms with Gasteiger partial charge in [0.05, 0.1) is 12.7 Å². The van der Waals surface area contributed by atoms with Gasteiger partial charge in [-0.3, -0.25) is 0 Å². The Morgan fingerprint density at radius 3 is 2.23 bits per heavy atom. The lowest BCUT2D eigenvalue weighted by atomic mass is 9.76. The van der Waals surface area contributed by atoms with Crippen LogP contribution in [0.2, 0.25) is 5.02 Å². The highest BCUT2D eigenvalue weighted by Gasteiger charge is 2.34. The number of ether oxygens (including phenoxy) is 2. The van der Waals surface area contributed by atoms with Gasteiger partial charge in [-0.15, -0.1) is 0 Å². The van der Waals surface area contributed by atoms with Crippen molar-refractivity contribution in [3.05, 3.63) is 64.7 Å². The molecular weight excluding hydrogens is 394 g/mol. The van der Waals surface area contributed by atoms with Crippen LogP contribution < -0.4 is 4.74 Å². The summed E-state index contributed by atoms with van der Waals surface area (Å²) in [4.78, 5) is 2.37. The zero-order valence-electron chi connectivity index (χ0n) is 18.8. The average Bonchev–Trinajstić information content (AvgIpc) is 2.77. The van der Waals surface area contributed by atoms with Crippen LogP contribution in [-0.2, 0) is 4.74 Å². The minimum atomic E-state index is 0.137. The molecule has 0 aliphatic carbocycles. The first kappa shape index (κ1) is 23.1. The Bertz CT molecular complexity index is 756. The van der Waals surface area contributed by atoms with Crippen molar-refractivity contribution in [3.8, 4) is 5.75 Å². The minimum absolute atomic E-state index is 0.137. The largest absolute Gasteiger partial charge is 0.492 e. The molecule has 0 saturated carbocycles. The summed E-state index contributed by atoms with van der Waals surface area (Å²) in [6.07, 6.45) is 1.27. The Labute approximate surface area is 187 Å². The van der Waals surface area contributed by atoms with Gasteiger partial charge in [-0.2, -0.15) is 0 Å². The molecule has 0 spiro atoms. The monoisotopic (exact) mass is 429 g/mol. The smallest absolute Gasteiger partial charge is 0.119 e. The van der Waals surface area contributed by atoms with E-state index in [0.717, 1.165) is 50.0 Å². The SMILES string of the molecule is CCN(CC)CCOc1ccc([C@@H]2OC[C@@H](c3ccc(Cl)cc3)C[C@H]2C(C)C)cc1. The molecule has 164 valence electrons. The van der Waals surface area contributed by atoms with E-state index >= 15 is 0 Å². The van der Waals surface area contributed by atoms with Gasteiger partial charge < -0.3 is 14.4 Å². The second-order valence-corrected chi connectivity index (χ2v) is 9.03. The van der Waals surface area contributed by atoms with Crippen LogP contribution in [0.4, 0.5) is 0 Å². The van der Waals surface area contributed by atoms with E-state index in [4.69, 9.17) is 21.1 Å². The maximum atomic E-state index is 6.44. The molecule has 4 heteroatoms. The van der Waals surface area contributed by atoms with Crippen LogP contribution in [0.25, 0.3) is 0 Å². The third kappa shape index (κ3) is 6.00. The van der Waals surface area contributed by atoms with Crippen molar-refractivity contribution in [1.29, 1.82) is 0 Å². The molecule has 0 radical (unpaired) electrons. The summed E-state index contributed by atoms with van der Waals surface area (Å²) < 4.78 is 12.4. The summed E-state index contributed by atoms with van der Waals surface area (Å²) in [5.74, 6) is 2.39. The van der Waals surface area contributed by atoms with Gasteiger partial charge in [0.2, 0.25) is 0 Å². The van der Waals surface area contributed by atoms with E-state index in [0.29, 0.717) is 17.8 Å². The molecule has 2 aromatic carbocycles. The van der Waals surface area contributed by atoms with Crippen molar-refractivity contribution >= 4 is 11.6 Å². The molecule has 1 saturated heterocycles. The second kappa shape index (κ2) is 11.2. The van der Waals surface area contributed by atoms with Crippen molar-refractivity contribution in [3.63, 3.8) is 0 Å². The fourth-order valence-electron chi connectivity index (χ4n) is 4.38. The highest BCUT2D eigenvalue weighted by Crippen LogP contribution is 2.43. The van der Waals surface area contributed by atoms with Crippen molar-refractivity contribution in [2.75, 3.05) is 32.8 Å². The number of benzene rings is 2. The summed E-state index contributed by atoms with van der Waals surface area (Å²) >= 11 is 6.06. The third-order valence-electron chi connectivity index (χ3n) is 6.40. The first-order chi connectivity index (χ1) is 14.5. The number of hydrogen-bond donors (Lipinski definition) is 0. The number of hydrogen-bond acceptors (Lipinski definition) is 3. The van der Waals surface area contributed by atoms with Crippen LogP contribution in [0.15, 0.2) is 48.5 Å². The molecule has 30 heavy (non-hydrogen) atoms. The molecule has 1 fully saturated rings. The van der Waals surface area contributed by atoms with Gasteiger partial charge in [-0.05, 0) is 66.7 Å². The number of likely N-dealkylation sites (N-methyl/N-ethyl adjacent to an activating group) is 1. The lowest BCUT2D eigenvalue weighted by molar-refractivity contribution is -0.0552. The summed E-state index contributed by atoms with van der Waals surface area (Å²) in [5.41, 5.74) is 2.57. The van der Waals surface area contributed by atoms with Gasteiger partial charge in [-0.25, -0.2) is 0 Å². The number of rotatable bonds is 9. The first-order valence-corrected chi connectivity index (χ1v) is 11.7. The molecule has 0 unspecified atom stereocenters. The highest BCUT2D eigenvalue weighted by molar-refractivity contribution is 6.30. The van der Waals surface area contributed by atoms with Crippen LogP contribution in [0.5, 0.6) is 5.75 Å². The quantitative estimate of drug-likeness (QED) is 0.449. The minimum Gasteiger partial charge on any atom is -0.492 e. The Kier molecular flexibility index (Phi) is 8.61. The van der Waals surface area contributed by atoms with E-state index in [1.54, 1.807) is 0 Å². The van der Waals surface area contributed by atoms with Crippen LogP contribution in [0, 0.1) is 11.8 Å². The molecule has 2 aromatic rings. The van der Waals surface area contributed by atoms with Gasteiger partial charge in [0.25, 0.3) is 0 Å². The van der Waals surface area contributed by atoms with Crippen molar-refractivity contribution in [2.24, 2.45) is 11.8 Å². The first-order valence-electron chi connectivity index (χ1n) is 11.3. The van der Waals surface area contributed by atoms with Gasteiger partial charge in [0.1, 0.15) is 12.4 Å². The van der Waals surface area contributed by atoms with E-state index < -0.39 is 0 Å². The van der Waals surface area contributed by atoms with Crippen LogP contribution in [0.1, 0.15) is 57.3 Å². The van der Waals surface area contributed by atoms with Gasteiger partial charge >= 0.3 is 0 Å². The van der Waals surface area contributed by atoms with Gasteiger partial charge in [0.15, 0.2) is 0 Å². The molecule has 1 heterocycles. The molecule has 3 rings (SSSR count). The van der Waals surface area contributed by atoms with Crippen molar-refractivity contribution < 1.29 is 9.47 Å². The maximum absolute atomic E-state index is 6.44. The molecule has 0 N–H and O–H groups in total. The lowest BCUT2D eigenvalue weighted by Crippen LogP contribution is -2.31. The molecule has 0 aromatic heterocycles. The fraction of sp³-hybridized carbons (Fsp3) is 0.538. The number of halogens is 1. The molecule has 1 aliphatic rings. The molecule has 0 amide bonds. The second-order valence-electron chi connectivity index (χ2n) is 8.59. The summed E-state index contributed by atoms with van der Waals surface area (Å²) in [6.45, 7) is 13.5. The summed E-state index contributed by atoms with van der Waals surface area (Å²) in [5, 5.41) is 0.785. The van der Waals surface area contributed by atoms with E-state index in [-0.39, 0.29) is 6.10 Å². The predicted octanol–water partition coefficient (Wildman–Crippen LogP) is 6.58. The van der Waals surface area contributed by atoms with Gasteiger partial charge in [-0.1, -0.05) is 63.6 Å². The highest BCUT2D eigenvalue weighted by atomic mass is 35.5. The van der Waals surface area contributed by atoms with Crippen LogP contribution >= 0.6 is 11.6 Å². The lowest BCUT2D eigenvalue weighted by Gasteiger charge is -2.39. The zero-order valence-corrected chi connectivity index (χ0v) is 19.6. The van der Waals surface area contributed by atoms with Crippen LogP contribution in [0.3, 0.4) is 0 Å². The van der Waals surface area contributed by atoms with E-state index in [1.807, 2.05) is 12.1 Å². The van der Waals surface area contributed by atoms with Gasteiger partial charge in [0, 0.05) is 17.5 Å².